The third-order valence-electron chi connectivity index (χ3n) is 1.68. The molecule has 0 spiro atoms. The van der Waals surface area contributed by atoms with Crippen LogP contribution in [0, 0.1) is 30.1 Å². The number of unbranched alkanes of at least 4 members (excludes halogenated alkanes) is 1. The molecule has 0 rings (SSSR count). The van der Waals surface area contributed by atoms with Crippen LogP contribution < -0.4 is 0 Å². The first-order valence-electron chi connectivity index (χ1n) is 6.12. The minimum atomic E-state index is -0.306. The summed E-state index contributed by atoms with van der Waals surface area (Å²) in [5.41, 5.74) is -0.306. The van der Waals surface area contributed by atoms with Gasteiger partial charge in [-0.15, -0.1) is 24.7 Å². The zero-order valence-corrected chi connectivity index (χ0v) is 12.2. The maximum absolute atomic E-state index is 8.43. The lowest BCUT2D eigenvalue weighted by atomic mass is 9.97. The van der Waals surface area contributed by atoms with Gasteiger partial charge in [0.05, 0.1) is 13.2 Å². The van der Waals surface area contributed by atoms with Crippen molar-refractivity contribution in [3.63, 3.8) is 0 Å². The topological polar surface area (TPSA) is 49.7 Å². The van der Waals surface area contributed by atoms with Gasteiger partial charge in [0.1, 0.15) is 0 Å². The maximum atomic E-state index is 8.43. The average molecular weight is 256 g/mol. The van der Waals surface area contributed by atoms with Crippen LogP contribution in [0.2, 0.25) is 0 Å². The molecule has 0 unspecified atom stereocenters. The molecule has 0 aromatic heterocycles. The minimum Gasteiger partial charge on any atom is -0.396 e. The molecule has 106 valence electrons. The molecule has 3 nitrogen and oxygen atoms in total. The molecule has 0 atom stereocenters. The molecule has 0 aliphatic rings. The number of aliphatic hydroxyl groups is 2. The molecule has 18 heavy (non-hydrogen) atoms. The molecule has 0 bridgehead atoms. The van der Waals surface area contributed by atoms with Crippen molar-refractivity contribution < 1.29 is 14.9 Å². The summed E-state index contributed by atoms with van der Waals surface area (Å²) in [6, 6.07) is 0. The Bertz CT molecular complexity index is 199. The lowest BCUT2D eigenvalue weighted by Gasteiger charge is -2.16. The summed E-state index contributed by atoms with van der Waals surface area (Å²) in [6.45, 7) is 9.35. The first-order chi connectivity index (χ1) is 8.45. The number of aliphatic hydroxyl groups excluding tert-OH is 2. The van der Waals surface area contributed by atoms with Crippen LogP contribution in [0.5, 0.6) is 0 Å². The predicted molar refractivity (Wildman–Crippen MR) is 77.0 cm³/mol. The lowest BCUT2D eigenvalue weighted by Crippen LogP contribution is -2.20. The maximum Gasteiger partial charge on any atom is 0.0504 e. The lowest BCUT2D eigenvalue weighted by molar-refractivity contribution is 0.0857. The first-order valence-corrected chi connectivity index (χ1v) is 6.12. The van der Waals surface area contributed by atoms with Crippen LogP contribution in [-0.2, 0) is 4.74 Å². The largest absolute Gasteiger partial charge is 0.396 e. The van der Waals surface area contributed by atoms with E-state index in [0.717, 1.165) is 13.2 Å². The molecule has 0 radical (unpaired) electrons. The summed E-state index contributed by atoms with van der Waals surface area (Å²) in [5.74, 6) is 4.85. The Hall–Kier alpha value is -1.00. The van der Waals surface area contributed by atoms with Crippen molar-refractivity contribution in [1.29, 1.82) is 0 Å². The van der Waals surface area contributed by atoms with Crippen LogP contribution in [0.15, 0.2) is 0 Å². The Morgan fingerprint density at radius 3 is 1.33 bits per heavy atom. The monoisotopic (exact) mass is 256 g/mol. The minimum absolute atomic E-state index is 0.0451. The second-order valence-electron chi connectivity index (χ2n) is 4.17. The van der Waals surface area contributed by atoms with E-state index in [1.165, 1.54) is 0 Å². The van der Waals surface area contributed by atoms with Gasteiger partial charge in [0.25, 0.3) is 0 Å². The van der Waals surface area contributed by atoms with Crippen LogP contribution >= 0.6 is 0 Å². The van der Waals surface area contributed by atoms with Crippen LogP contribution in [0.4, 0.5) is 0 Å². The van der Waals surface area contributed by atoms with Gasteiger partial charge in [0, 0.05) is 31.5 Å². The number of ether oxygens (including phenoxy) is 1. The van der Waals surface area contributed by atoms with Crippen molar-refractivity contribution in [2.24, 2.45) is 5.41 Å². The third kappa shape index (κ3) is 29.4. The van der Waals surface area contributed by atoms with Crippen LogP contribution in [0.25, 0.3) is 0 Å². The fourth-order valence-corrected chi connectivity index (χ4v) is 0.398. The van der Waals surface area contributed by atoms with E-state index in [-0.39, 0.29) is 18.6 Å². The van der Waals surface area contributed by atoms with Crippen molar-refractivity contribution in [2.45, 2.75) is 40.5 Å². The van der Waals surface area contributed by atoms with Crippen molar-refractivity contribution in [3.05, 3.63) is 0 Å². The molecule has 0 aliphatic heterocycles. The molecule has 0 aliphatic carbocycles. The quantitative estimate of drug-likeness (QED) is 0.585. The van der Waals surface area contributed by atoms with E-state index in [9.17, 15) is 0 Å². The summed E-state index contributed by atoms with van der Waals surface area (Å²) in [7, 11) is 0. The summed E-state index contributed by atoms with van der Waals surface area (Å²) in [5, 5.41) is 16.9. The Kier molecular flexibility index (Phi) is 22.7. The van der Waals surface area contributed by atoms with Crippen LogP contribution in [-0.4, -0.2) is 36.6 Å². The Balaban J connectivity index is -0.000000190. The summed E-state index contributed by atoms with van der Waals surface area (Å²) >= 11 is 0. The van der Waals surface area contributed by atoms with Crippen LogP contribution in [0.3, 0.4) is 0 Å². The molecule has 0 amide bonds. The highest BCUT2D eigenvalue weighted by Crippen LogP contribution is 2.10. The van der Waals surface area contributed by atoms with Crippen LogP contribution in [0.1, 0.15) is 40.5 Å². The van der Waals surface area contributed by atoms with Crippen molar-refractivity contribution in [3.8, 4) is 24.7 Å². The second kappa shape index (κ2) is 18.4. The summed E-state index contributed by atoms with van der Waals surface area (Å²) in [4.78, 5) is 0. The van der Waals surface area contributed by atoms with Crippen molar-refractivity contribution >= 4 is 0 Å². The van der Waals surface area contributed by atoms with Crippen molar-refractivity contribution in [1.82, 2.24) is 0 Å². The summed E-state index contributed by atoms with van der Waals surface area (Å²) in [6.07, 6.45) is 11.1. The Labute approximate surface area is 113 Å². The van der Waals surface area contributed by atoms with E-state index >= 15 is 0 Å². The van der Waals surface area contributed by atoms with Gasteiger partial charge in [-0.3, -0.25) is 0 Å². The molecular weight excluding hydrogens is 228 g/mol. The van der Waals surface area contributed by atoms with Gasteiger partial charge in [-0.1, -0.05) is 13.8 Å². The molecule has 0 heterocycles. The van der Waals surface area contributed by atoms with E-state index in [0.29, 0.717) is 12.8 Å². The van der Waals surface area contributed by atoms with Gasteiger partial charge in [-0.25, -0.2) is 0 Å². The Morgan fingerprint density at radius 1 is 0.944 bits per heavy atom. The molecule has 0 fully saturated rings. The van der Waals surface area contributed by atoms with Gasteiger partial charge in [-0.2, -0.15) is 0 Å². The van der Waals surface area contributed by atoms with Gasteiger partial charge >= 0.3 is 0 Å². The van der Waals surface area contributed by atoms with Gasteiger partial charge < -0.3 is 14.9 Å². The normalized spacial score (nSPS) is 8.89. The van der Waals surface area contributed by atoms with E-state index in [2.05, 4.69) is 11.8 Å². The highest BCUT2D eigenvalue weighted by molar-refractivity contribution is 4.92. The zero-order valence-electron chi connectivity index (χ0n) is 12.2. The SMILES string of the molecule is C#CCCC#C.CC(C)(CO)CO.CCOCC. The zero-order chi connectivity index (χ0) is 14.9. The highest BCUT2D eigenvalue weighted by atomic mass is 16.5. The first kappa shape index (κ1) is 22.2. The Morgan fingerprint density at radius 2 is 1.28 bits per heavy atom. The number of terminal acetylenes is 2. The third-order valence-corrected chi connectivity index (χ3v) is 1.68. The molecule has 2 N–H and O–H groups in total. The van der Waals surface area contributed by atoms with Gasteiger partial charge in [0.15, 0.2) is 0 Å². The molecule has 0 aromatic carbocycles. The number of hydrogen-bond donors (Lipinski definition) is 2. The average Bonchev–Trinajstić information content (AvgIpc) is 2.39. The summed E-state index contributed by atoms with van der Waals surface area (Å²) < 4.78 is 4.83. The molecule has 0 aromatic rings. The molecule has 0 saturated heterocycles. The van der Waals surface area contributed by atoms with E-state index in [4.69, 9.17) is 27.8 Å². The standard InChI is InChI=1S/C6H6.C5H12O2.C4H10O/c1-3-5-6-4-2;1-5(2,3-6)4-7;1-3-5-4-2/h1-2H,5-6H2;6-7H,3-4H2,1-2H3;3-4H2,1-2H3. The van der Waals surface area contributed by atoms with Crippen molar-refractivity contribution in [2.75, 3.05) is 26.4 Å². The second-order valence-corrected chi connectivity index (χ2v) is 4.17. The number of rotatable bonds is 5. The number of hydrogen-bond acceptors (Lipinski definition) is 3. The highest BCUT2D eigenvalue weighted by Gasteiger charge is 2.13. The fourth-order valence-electron chi connectivity index (χ4n) is 0.398. The fraction of sp³-hybridized carbons (Fsp3) is 0.733. The van der Waals surface area contributed by atoms with Gasteiger partial charge in [0.2, 0.25) is 0 Å². The molecular formula is C15H28O3. The molecule has 3 heteroatoms. The van der Waals surface area contributed by atoms with Gasteiger partial charge in [-0.05, 0) is 13.8 Å². The van der Waals surface area contributed by atoms with E-state index in [1.54, 1.807) is 13.8 Å². The molecule has 0 saturated carbocycles. The van der Waals surface area contributed by atoms with E-state index in [1.807, 2.05) is 13.8 Å². The van der Waals surface area contributed by atoms with E-state index < -0.39 is 0 Å². The predicted octanol–water partition coefficient (Wildman–Crippen LogP) is 2.07. The smallest absolute Gasteiger partial charge is 0.0504 e.